The molecular weight excluding hydrogens is 422 g/mol. The summed E-state index contributed by atoms with van der Waals surface area (Å²) < 4.78 is 1.51. The third-order valence-electron chi connectivity index (χ3n) is 2.74. The van der Waals surface area contributed by atoms with Gasteiger partial charge in [-0.1, -0.05) is 12.8 Å². The van der Waals surface area contributed by atoms with Crippen LogP contribution in [0.4, 0.5) is 0 Å². The summed E-state index contributed by atoms with van der Waals surface area (Å²) in [4.78, 5) is 0. The van der Waals surface area contributed by atoms with Gasteiger partial charge in [0.1, 0.15) is 0 Å². The van der Waals surface area contributed by atoms with E-state index in [0.717, 1.165) is 38.5 Å². The van der Waals surface area contributed by atoms with Gasteiger partial charge in [-0.25, -0.2) is 23.3 Å². The molecule has 0 radical (unpaired) electrons. The van der Waals surface area contributed by atoms with Gasteiger partial charge in [-0.15, -0.1) is 12.8 Å². The van der Waals surface area contributed by atoms with Crippen LogP contribution in [0.25, 0.3) is 0 Å². The van der Waals surface area contributed by atoms with Gasteiger partial charge in [0, 0.05) is 13.2 Å². The number of hydrogen-bond donors (Lipinski definition) is 2. The molecule has 2 aliphatic rings. The van der Waals surface area contributed by atoms with Gasteiger partial charge in [-0.3, -0.25) is 12.2 Å². The second-order valence-corrected chi connectivity index (χ2v) is 7.73. The number of halogens is 2. The van der Waals surface area contributed by atoms with E-state index in [1.165, 1.54) is 14.4 Å². The summed E-state index contributed by atoms with van der Waals surface area (Å²) in [5, 5.41) is 16.9. The van der Waals surface area contributed by atoms with E-state index in [9.17, 15) is 0 Å². The van der Waals surface area contributed by atoms with Crippen molar-refractivity contribution in [2.45, 2.75) is 52.4 Å². The van der Waals surface area contributed by atoms with E-state index in [4.69, 9.17) is 10.2 Å². The Labute approximate surface area is 175 Å². The average Bonchev–Trinajstić information content (AvgIpc) is 3.16. The van der Waals surface area contributed by atoms with E-state index < -0.39 is 0 Å². The molecule has 0 aromatic carbocycles. The number of aliphatic hydroxyl groups excluding tert-OH is 2. The van der Waals surface area contributed by atoms with Crippen LogP contribution in [0.3, 0.4) is 0 Å². The van der Waals surface area contributed by atoms with Gasteiger partial charge in [0.2, 0.25) is 0 Å². The van der Waals surface area contributed by atoms with Crippen LogP contribution < -0.4 is 24.8 Å². The van der Waals surface area contributed by atoms with E-state index in [2.05, 4.69) is 50.3 Å². The van der Waals surface area contributed by atoms with Gasteiger partial charge in [-0.05, 0) is 12.8 Å². The predicted octanol–water partition coefficient (Wildman–Crippen LogP) is -2.35. The Morgan fingerprint density at radius 1 is 0.917 bits per heavy atom. The maximum Gasteiger partial charge on any atom is 0.0433 e. The van der Waals surface area contributed by atoms with E-state index in [0.29, 0.717) is 13.2 Å². The fraction of sp³-hybridized carbons (Fsp3) is 0.526. The van der Waals surface area contributed by atoms with Crippen LogP contribution in [-0.4, -0.2) is 26.6 Å². The zero-order valence-corrected chi connectivity index (χ0v) is 18.6. The molecule has 0 amide bonds. The van der Waals surface area contributed by atoms with Crippen molar-refractivity contribution in [3.05, 3.63) is 47.6 Å². The Hall–Kier alpha value is 0.213. The smallest absolute Gasteiger partial charge is 0.0433 e. The van der Waals surface area contributed by atoms with E-state index in [1.807, 2.05) is 0 Å². The zero-order valence-electron chi connectivity index (χ0n) is 14.6. The molecule has 0 saturated heterocycles. The van der Waals surface area contributed by atoms with E-state index >= 15 is 0 Å². The van der Waals surface area contributed by atoms with Crippen LogP contribution in [0.1, 0.15) is 52.4 Å². The number of hydrogen-bond acceptors (Lipinski definition) is 2. The minimum Gasteiger partial charge on any atom is -1.00 e. The largest absolute Gasteiger partial charge is 1.00 e. The van der Waals surface area contributed by atoms with E-state index in [-0.39, 0.29) is 24.8 Å². The molecule has 0 aromatic heterocycles. The quantitative estimate of drug-likeness (QED) is 0.445. The topological polar surface area (TPSA) is 40.5 Å². The summed E-state index contributed by atoms with van der Waals surface area (Å²) in [6.07, 6.45) is 20.3. The fourth-order valence-electron chi connectivity index (χ4n) is 1.78. The van der Waals surface area contributed by atoms with Gasteiger partial charge >= 0.3 is 41.3 Å². The molecule has 0 bridgehead atoms. The van der Waals surface area contributed by atoms with Crippen molar-refractivity contribution in [2.24, 2.45) is 0 Å². The Balaban J connectivity index is -0.000000283. The fourth-order valence-corrected chi connectivity index (χ4v) is 1.78. The molecule has 0 fully saturated rings. The van der Waals surface area contributed by atoms with Crippen LogP contribution in [0.15, 0.2) is 35.5 Å². The van der Waals surface area contributed by atoms with Crippen LogP contribution in [0.5, 0.6) is 0 Å². The maximum atomic E-state index is 8.46. The summed E-state index contributed by atoms with van der Waals surface area (Å²) in [6, 6.07) is 0. The molecule has 0 spiro atoms. The number of aliphatic hydroxyl groups is 2. The molecule has 2 aliphatic carbocycles. The van der Waals surface area contributed by atoms with Crippen LogP contribution in [0, 0.1) is 12.2 Å². The van der Waals surface area contributed by atoms with Crippen molar-refractivity contribution < 1.29 is 59.3 Å². The summed E-state index contributed by atoms with van der Waals surface area (Å²) in [5.41, 5.74) is 2.51. The maximum absolute atomic E-state index is 8.46. The Kier molecular flexibility index (Phi) is 25.7. The summed E-state index contributed by atoms with van der Waals surface area (Å²) in [6.45, 7) is 4.83. The van der Waals surface area contributed by atoms with Crippen LogP contribution >= 0.6 is 0 Å². The Bertz CT molecular complexity index is 389. The SMILES string of the molecule is C[C](C)=[Zr+2].OCCCC1=[C-]CC=C1.OCCCC1=[C-]CC=C1.[Cl-].[Cl-]. The molecular formula is C19H28Cl2O2Zr-2. The predicted molar refractivity (Wildman–Crippen MR) is 90.0 cm³/mol. The van der Waals surface area contributed by atoms with E-state index in [1.54, 1.807) is 24.2 Å². The third kappa shape index (κ3) is 20.3. The average molecular weight is 451 g/mol. The van der Waals surface area contributed by atoms with Crippen molar-refractivity contribution in [1.82, 2.24) is 0 Å². The monoisotopic (exact) mass is 448 g/mol. The number of allylic oxidation sites excluding steroid dienone is 8. The molecule has 0 aliphatic heterocycles. The first-order valence-electron chi connectivity index (χ1n) is 7.86. The van der Waals surface area contributed by atoms with Crippen molar-refractivity contribution in [2.75, 3.05) is 13.2 Å². The molecule has 136 valence electrons. The Morgan fingerprint density at radius 2 is 1.25 bits per heavy atom. The Morgan fingerprint density at radius 3 is 1.46 bits per heavy atom. The van der Waals surface area contributed by atoms with Crippen LogP contribution in [-0.2, 0) is 24.2 Å². The van der Waals surface area contributed by atoms with Gasteiger partial charge in [0.15, 0.2) is 0 Å². The standard InChI is InChI=1S/2C8H11O.C3H6.2ClH.Zr/c2*9-7-3-6-8-4-1-2-5-8;1-3-2;;;/h2*1,4,9H,2-3,6-7H2;1-2H3;2*1H;/q2*-1;;;;+2/p-2. The molecule has 2 N–H and O–H groups in total. The molecule has 2 rings (SSSR count). The summed E-state index contributed by atoms with van der Waals surface area (Å²) >= 11 is 1.55. The molecule has 0 atom stereocenters. The molecule has 0 heterocycles. The molecule has 0 saturated carbocycles. The van der Waals surface area contributed by atoms with Crippen molar-refractivity contribution in [3.8, 4) is 0 Å². The van der Waals surface area contributed by atoms with Gasteiger partial charge in [0.25, 0.3) is 0 Å². The zero-order chi connectivity index (χ0) is 16.6. The van der Waals surface area contributed by atoms with Crippen LogP contribution in [0.2, 0.25) is 0 Å². The first-order chi connectivity index (χ1) is 10.6. The summed E-state index contributed by atoms with van der Waals surface area (Å²) in [7, 11) is 0. The molecule has 0 aromatic rings. The normalized spacial score (nSPS) is 13.4. The second kappa shape index (κ2) is 21.3. The molecule has 24 heavy (non-hydrogen) atoms. The minimum absolute atomic E-state index is 0. The van der Waals surface area contributed by atoms with Gasteiger partial charge in [0.05, 0.1) is 0 Å². The summed E-state index contributed by atoms with van der Waals surface area (Å²) in [5.74, 6) is 0. The minimum atomic E-state index is 0. The van der Waals surface area contributed by atoms with Crippen molar-refractivity contribution >= 4 is 3.21 Å². The van der Waals surface area contributed by atoms with Crippen molar-refractivity contribution in [1.29, 1.82) is 0 Å². The first-order valence-corrected chi connectivity index (χ1v) is 9.09. The molecule has 5 heteroatoms. The van der Waals surface area contributed by atoms with Gasteiger partial charge < -0.3 is 35.0 Å². The second-order valence-electron chi connectivity index (χ2n) is 5.27. The van der Waals surface area contributed by atoms with Gasteiger partial charge in [-0.2, -0.15) is 12.2 Å². The molecule has 2 nitrogen and oxygen atoms in total. The number of rotatable bonds is 6. The first kappa shape index (κ1) is 29.0. The molecule has 0 unspecified atom stereocenters. The third-order valence-corrected chi connectivity index (χ3v) is 2.74. The van der Waals surface area contributed by atoms with Crippen molar-refractivity contribution in [3.63, 3.8) is 0 Å².